The standard InChI is InChI=1S/C76H112O2/c1-58(2)30-18-31-59(3)32-19-33-60(4)34-20-35-61(5)36-21-37-62(6)38-22-39-63(7)40-23-41-64(8)42-24-43-65(9)44-25-45-66(10)46-26-47-67(11)48-27-49-68(12)50-28-51-69(13)52-29-53-70(14)56-57-72-71(15)75(77)73-54-16-17-55-74(73)76(72)78/h16-17,30,32,34,36,38,40,42,44,46,48,50,52,54-56H,18-29,31,33,35,37,39,41,43,45,47,49,51,53,57H2,1-15H3. The maximum absolute atomic E-state index is 13.1. The van der Waals surface area contributed by atoms with Crippen molar-refractivity contribution in [2.24, 2.45) is 0 Å². The van der Waals surface area contributed by atoms with Gasteiger partial charge in [-0.1, -0.05) is 176 Å². The summed E-state index contributed by atoms with van der Waals surface area (Å²) in [6.45, 7) is 33.5. The summed E-state index contributed by atoms with van der Waals surface area (Å²) in [5, 5.41) is 0. The van der Waals surface area contributed by atoms with Gasteiger partial charge < -0.3 is 0 Å². The third-order valence-corrected chi connectivity index (χ3v) is 15.6. The number of Topliss-reactive ketones (excluding diaryl/α,β-unsaturated/α-hetero) is 2. The number of allylic oxidation sites excluding steroid dienone is 28. The fourth-order valence-electron chi connectivity index (χ4n) is 9.89. The lowest BCUT2D eigenvalue weighted by molar-refractivity contribution is 0.0973. The maximum Gasteiger partial charge on any atom is 0.190 e. The van der Waals surface area contributed by atoms with E-state index < -0.39 is 0 Å². The van der Waals surface area contributed by atoms with Crippen LogP contribution in [0.3, 0.4) is 0 Å². The molecule has 0 radical (unpaired) electrons. The molecule has 0 atom stereocenters. The minimum Gasteiger partial charge on any atom is -0.289 e. The Kier molecular flexibility index (Phi) is 36.3. The number of ketones is 2. The van der Waals surface area contributed by atoms with Crippen LogP contribution in [0.15, 0.2) is 187 Å². The molecule has 78 heavy (non-hydrogen) atoms. The van der Waals surface area contributed by atoms with Gasteiger partial charge in [-0.3, -0.25) is 9.59 Å². The molecule has 428 valence electrons. The van der Waals surface area contributed by atoms with Gasteiger partial charge in [0.2, 0.25) is 0 Å². The molecule has 0 heterocycles. The second-order valence-corrected chi connectivity index (χ2v) is 23.9. The van der Waals surface area contributed by atoms with E-state index in [1.54, 1.807) is 19.1 Å². The summed E-state index contributed by atoms with van der Waals surface area (Å²) in [6.07, 6.45) is 59.1. The highest BCUT2D eigenvalue weighted by Crippen LogP contribution is 2.29. The first-order valence-electron chi connectivity index (χ1n) is 30.6. The Balaban J connectivity index is 1.55. The van der Waals surface area contributed by atoms with Gasteiger partial charge in [0.25, 0.3) is 0 Å². The van der Waals surface area contributed by atoms with Gasteiger partial charge in [-0.05, 0) is 264 Å². The van der Waals surface area contributed by atoms with E-state index in [9.17, 15) is 9.59 Å². The lowest BCUT2D eigenvalue weighted by Gasteiger charge is -2.18. The van der Waals surface area contributed by atoms with Crippen LogP contribution in [0.1, 0.15) is 285 Å². The van der Waals surface area contributed by atoms with Crippen molar-refractivity contribution in [1.82, 2.24) is 0 Å². The van der Waals surface area contributed by atoms with Gasteiger partial charge >= 0.3 is 0 Å². The van der Waals surface area contributed by atoms with E-state index in [0.29, 0.717) is 28.7 Å². The molecule has 2 rings (SSSR count). The molecule has 1 aliphatic rings. The summed E-state index contributed by atoms with van der Waals surface area (Å²) < 4.78 is 0. The first kappa shape index (κ1) is 69.0. The van der Waals surface area contributed by atoms with Crippen LogP contribution in [0.4, 0.5) is 0 Å². The first-order valence-corrected chi connectivity index (χ1v) is 30.6. The third kappa shape index (κ3) is 32.7. The van der Waals surface area contributed by atoms with Crippen molar-refractivity contribution in [3.8, 4) is 0 Å². The second kappa shape index (κ2) is 41.0. The molecule has 2 heteroatoms. The Morgan fingerprint density at radius 1 is 0.282 bits per heavy atom. The van der Waals surface area contributed by atoms with Gasteiger partial charge in [-0.2, -0.15) is 0 Å². The molecule has 0 fully saturated rings. The fraction of sp³-hybridized carbons (Fsp3) is 0.526. The predicted molar refractivity (Wildman–Crippen MR) is 348 cm³/mol. The number of hydrogen-bond donors (Lipinski definition) is 0. The van der Waals surface area contributed by atoms with Gasteiger partial charge in [0.05, 0.1) is 0 Å². The van der Waals surface area contributed by atoms with Crippen LogP contribution in [-0.2, 0) is 0 Å². The van der Waals surface area contributed by atoms with Crippen molar-refractivity contribution in [2.75, 3.05) is 0 Å². The minimum atomic E-state index is -0.0235. The highest BCUT2D eigenvalue weighted by molar-refractivity contribution is 6.26. The average molecular weight is 1060 g/mol. The highest BCUT2D eigenvalue weighted by atomic mass is 16.1. The number of hydrogen-bond acceptors (Lipinski definition) is 2. The number of carbonyl (C=O) groups is 2. The summed E-state index contributed by atoms with van der Waals surface area (Å²) >= 11 is 0. The second-order valence-electron chi connectivity index (χ2n) is 23.9. The van der Waals surface area contributed by atoms with Crippen molar-refractivity contribution in [2.45, 2.75) is 264 Å². The van der Waals surface area contributed by atoms with E-state index in [4.69, 9.17) is 0 Å². The zero-order valence-electron chi connectivity index (χ0n) is 52.8. The summed E-state index contributed by atoms with van der Waals surface area (Å²) in [4.78, 5) is 25.9. The molecule has 1 aromatic rings. The smallest absolute Gasteiger partial charge is 0.190 e. The molecule has 0 saturated heterocycles. The van der Waals surface area contributed by atoms with Crippen LogP contribution < -0.4 is 0 Å². The molecule has 0 bridgehead atoms. The Morgan fingerprint density at radius 3 is 0.692 bits per heavy atom. The van der Waals surface area contributed by atoms with Crippen LogP contribution in [0.25, 0.3) is 0 Å². The zero-order chi connectivity index (χ0) is 57.7. The molecule has 0 unspecified atom stereocenters. The van der Waals surface area contributed by atoms with Crippen molar-refractivity contribution >= 4 is 11.6 Å². The van der Waals surface area contributed by atoms with Gasteiger partial charge in [-0.15, -0.1) is 0 Å². The molecule has 1 aromatic carbocycles. The van der Waals surface area contributed by atoms with E-state index in [1.807, 2.05) is 12.1 Å². The number of fused-ring (bicyclic) bond motifs is 1. The van der Waals surface area contributed by atoms with E-state index in [0.717, 1.165) is 116 Å². The molecule has 0 spiro atoms. The third-order valence-electron chi connectivity index (χ3n) is 15.6. The van der Waals surface area contributed by atoms with E-state index in [2.05, 4.69) is 176 Å². The maximum atomic E-state index is 13.1. The van der Waals surface area contributed by atoms with Crippen LogP contribution >= 0.6 is 0 Å². The monoisotopic (exact) mass is 1060 g/mol. The lowest BCUT2D eigenvalue weighted by Crippen LogP contribution is -2.20. The Hall–Kier alpha value is -5.08. The first-order chi connectivity index (χ1) is 37.2. The van der Waals surface area contributed by atoms with Crippen molar-refractivity contribution in [3.05, 3.63) is 198 Å². The van der Waals surface area contributed by atoms with Crippen LogP contribution in [-0.4, -0.2) is 11.6 Å². The molecule has 0 aromatic heterocycles. The van der Waals surface area contributed by atoms with Crippen LogP contribution in [0, 0.1) is 0 Å². The lowest BCUT2D eigenvalue weighted by atomic mass is 9.83. The number of benzene rings is 1. The van der Waals surface area contributed by atoms with Gasteiger partial charge in [0, 0.05) is 22.3 Å². The molecule has 1 aliphatic carbocycles. The van der Waals surface area contributed by atoms with Crippen LogP contribution in [0.2, 0.25) is 0 Å². The number of rotatable bonds is 38. The van der Waals surface area contributed by atoms with Crippen molar-refractivity contribution in [1.29, 1.82) is 0 Å². The summed E-state index contributed by atoms with van der Waals surface area (Å²) in [7, 11) is 0. The van der Waals surface area contributed by atoms with Gasteiger partial charge in [0.1, 0.15) is 0 Å². The molecule has 2 nitrogen and oxygen atoms in total. The molecule has 0 aliphatic heterocycles. The predicted octanol–water partition coefficient (Wildman–Crippen LogP) is 24.5. The molecular formula is C76H112O2. The van der Waals surface area contributed by atoms with E-state index in [1.165, 1.54) is 111 Å². The quantitative estimate of drug-likeness (QED) is 0.0619. The Bertz CT molecular complexity index is 2490. The van der Waals surface area contributed by atoms with Gasteiger partial charge in [-0.25, -0.2) is 0 Å². The van der Waals surface area contributed by atoms with E-state index in [-0.39, 0.29) is 11.6 Å². The summed E-state index contributed by atoms with van der Waals surface area (Å²) in [5.74, 6) is -0.0326. The molecule has 0 saturated carbocycles. The fourth-order valence-corrected chi connectivity index (χ4v) is 9.89. The van der Waals surface area contributed by atoms with E-state index >= 15 is 0 Å². The molecule has 0 amide bonds. The molecular weight excluding hydrogens is 945 g/mol. The van der Waals surface area contributed by atoms with Gasteiger partial charge in [0.15, 0.2) is 11.6 Å². The van der Waals surface area contributed by atoms with Crippen molar-refractivity contribution in [3.63, 3.8) is 0 Å². The topological polar surface area (TPSA) is 34.1 Å². The number of carbonyl (C=O) groups excluding carboxylic acids is 2. The normalized spacial score (nSPS) is 15.5. The largest absolute Gasteiger partial charge is 0.289 e. The summed E-state index contributed by atoms with van der Waals surface area (Å²) in [6, 6.07) is 7.17. The molecule has 0 N–H and O–H groups in total. The van der Waals surface area contributed by atoms with Crippen molar-refractivity contribution < 1.29 is 9.59 Å². The Morgan fingerprint density at radius 2 is 0.474 bits per heavy atom. The van der Waals surface area contributed by atoms with Crippen LogP contribution in [0.5, 0.6) is 0 Å². The Labute approximate surface area is 481 Å². The summed E-state index contributed by atoms with van der Waals surface area (Å²) in [5.41, 5.74) is 21.5. The zero-order valence-corrected chi connectivity index (χ0v) is 52.8. The SMILES string of the molecule is CC(C)=CCCC(C)=CCCC(C)=CCCC(C)=CCCC(C)=CCCC(C)=CCCC(C)=CCCC(C)=CCCC(C)=CCCC(C)=CCCC(C)=CCCC(C)=CCCC(C)=CCC1=C(C)C(=O)c2ccccc2C1=O. The highest BCUT2D eigenvalue weighted by Gasteiger charge is 2.28. The minimum absolute atomic E-state index is 0.00907. The average Bonchev–Trinajstić information content (AvgIpc) is 3.48.